The zero-order valence-electron chi connectivity index (χ0n) is 17.7. The van der Waals surface area contributed by atoms with E-state index in [9.17, 15) is 18.0 Å². The van der Waals surface area contributed by atoms with Crippen molar-refractivity contribution in [3.63, 3.8) is 0 Å². The first-order chi connectivity index (χ1) is 15.2. The standard InChI is InChI=1S/C25H24O6S/c1-32(29,30)14-13-21-15-19(17-25(27)28)7-12-24(21)31-22-10-8-20(9-11-22)23(26)16-18-5-3-2-4-6-18/h2-12,15H,13-14,16-17H2,1H3,(H,27,28). The average molecular weight is 453 g/mol. The van der Waals surface area contributed by atoms with Crippen LogP contribution in [-0.2, 0) is 33.9 Å². The minimum absolute atomic E-state index is 0.00499. The van der Waals surface area contributed by atoms with E-state index < -0.39 is 15.8 Å². The predicted molar refractivity (Wildman–Crippen MR) is 122 cm³/mol. The lowest BCUT2D eigenvalue weighted by Gasteiger charge is -2.13. The van der Waals surface area contributed by atoms with Crippen LogP contribution in [0.15, 0.2) is 72.8 Å². The largest absolute Gasteiger partial charge is 0.481 e. The fourth-order valence-corrected chi connectivity index (χ4v) is 3.82. The van der Waals surface area contributed by atoms with Crippen molar-refractivity contribution in [3.8, 4) is 11.5 Å². The number of ketones is 1. The van der Waals surface area contributed by atoms with Crippen molar-refractivity contribution in [1.82, 2.24) is 0 Å². The summed E-state index contributed by atoms with van der Waals surface area (Å²) < 4.78 is 29.1. The van der Waals surface area contributed by atoms with Gasteiger partial charge in [0.1, 0.15) is 21.3 Å². The first-order valence-corrected chi connectivity index (χ1v) is 12.1. The number of carbonyl (C=O) groups is 2. The number of aliphatic carboxylic acids is 1. The zero-order chi connectivity index (χ0) is 23.1. The van der Waals surface area contributed by atoms with Crippen LogP contribution in [0.3, 0.4) is 0 Å². The minimum Gasteiger partial charge on any atom is -0.481 e. The Bertz CT molecular complexity index is 1200. The van der Waals surface area contributed by atoms with Gasteiger partial charge in [-0.2, -0.15) is 0 Å². The van der Waals surface area contributed by atoms with Gasteiger partial charge < -0.3 is 9.84 Å². The van der Waals surface area contributed by atoms with E-state index in [1.54, 1.807) is 42.5 Å². The molecule has 0 saturated heterocycles. The van der Waals surface area contributed by atoms with Crippen LogP contribution in [0.1, 0.15) is 27.0 Å². The molecule has 0 spiro atoms. The van der Waals surface area contributed by atoms with Crippen molar-refractivity contribution in [2.24, 2.45) is 0 Å². The van der Waals surface area contributed by atoms with Gasteiger partial charge in [-0.25, -0.2) is 8.42 Å². The molecule has 0 radical (unpaired) electrons. The van der Waals surface area contributed by atoms with Gasteiger partial charge >= 0.3 is 5.97 Å². The molecule has 3 aromatic rings. The van der Waals surface area contributed by atoms with E-state index in [1.807, 2.05) is 30.3 Å². The molecule has 7 heteroatoms. The van der Waals surface area contributed by atoms with E-state index in [4.69, 9.17) is 9.84 Å². The smallest absolute Gasteiger partial charge is 0.307 e. The molecule has 0 heterocycles. The Labute approximate surface area is 187 Å². The number of rotatable bonds is 10. The Morgan fingerprint density at radius 1 is 0.875 bits per heavy atom. The number of sulfone groups is 1. The predicted octanol–water partition coefficient (Wildman–Crippen LogP) is 4.12. The van der Waals surface area contributed by atoms with E-state index >= 15 is 0 Å². The number of hydrogen-bond acceptors (Lipinski definition) is 5. The molecule has 3 rings (SSSR count). The third-order valence-corrected chi connectivity index (χ3v) is 5.78. The topological polar surface area (TPSA) is 97.7 Å². The second-order valence-electron chi connectivity index (χ2n) is 7.60. The van der Waals surface area contributed by atoms with Gasteiger partial charge in [-0.3, -0.25) is 9.59 Å². The molecule has 32 heavy (non-hydrogen) atoms. The van der Waals surface area contributed by atoms with E-state index in [0.717, 1.165) is 11.8 Å². The molecule has 0 aliphatic rings. The third kappa shape index (κ3) is 7.06. The summed E-state index contributed by atoms with van der Waals surface area (Å²) in [5, 5.41) is 9.03. The summed E-state index contributed by atoms with van der Waals surface area (Å²) in [4.78, 5) is 23.5. The Morgan fingerprint density at radius 2 is 1.56 bits per heavy atom. The molecule has 3 aromatic carbocycles. The first-order valence-electron chi connectivity index (χ1n) is 10.1. The maximum absolute atomic E-state index is 12.5. The monoisotopic (exact) mass is 452 g/mol. The van der Waals surface area contributed by atoms with Crippen LogP contribution in [0.4, 0.5) is 0 Å². The Morgan fingerprint density at radius 3 is 2.19 bits per heavy atom. The summed E-state index contributed by atoms with van der Waals surface area (Å²) in [5.74, 6) is -0.107. The second-order valence-corrected chi connectivity index (χ2v) is 9.86. The Kier molecular flexibility index (Phi) is 7.43. The van der Waals surface area contributed by atoms with Crippen LogP contribution in [0, 0.1) is 0 Å². The van der Waals surface area contributed by atoms with Gasteiger partial charge in [0.25, 0.3) is 0 Å². The minimum atomic E-state index is -3.20. The highest BCUT2D eigenvalue weighted by molar-refractivity contribution is 7.90. The van der Waals surface area contributed by atoms with Crippen LogP contribution >= 0.6 is 0 Å². The highest BCUT2D eigenvalue weighted by atomic mass is 32.2. The van der Waals surface area contributed by atoms with Crippen molar-refractivity contribution >= 4 is 21.6 Å². The summed E-state index contributed by atoms with van der Waals surface area (Å²) in [6, 6.07) is 21.2. The van der Waals surface area contributed by atoms with E-state index in [-0.39, 0.29) is 24.4 Å². The number of Topliss-reactive ketones (excluding diaryl/α,β-unsaturated/α-hetero) is 1. The summed E-state index contributed by atoms with van der Waals surface area (Å²) in [6.45, 7) is 0. The van der Waals surface area contributed by atoms with Crippen molar-refractivity contribution < 1.29 is 27.9 Å². The molecule has 0 unspecified atom stereocenters. The maximum Gasteiger partial charge on any atom is 0.307 e. The molecule has 0 fully saturated rings. The molecular weight excluding hydrogens is 428 g/mol. The van der Waals surface area contributed by atoms with Gasteiger partial charge in [-0.05, 0) is 53.4 Å². The van der Waals surface area contributed by atoms with Gasteiger partial charge in [-0.1, -0.05) is 42.5 Å². The van der Waals surface area contributed by atoms with Crippen LogP contribution in [0.25, 0.3) is 0 Å². The summed E-state index contributed by atoms with van der Waals surface area (Å²) >= 11 is 0. The Balaban J connectivity index is 1.76. The molecule has 0 aromatic heterocycles. The lowest BCUT2D eigenvalue weighted by Crippen LogP contribution is -2.08. The summed E-state index contributed by atoms with van der Waals surface area (Å²) in [7, 11) is -3.20. The van der Waals surface area contributed by atoms with Gasteiger partial charge in [0, 0.05) is 18.2 Å². The maximum atomic E-state index is 12.5. The van der Waals surface area contributed by atoms with Crippen molar-refractivity contribution in [2.45, 2.75) is 19.3 Å². The van der Waals surface area contributed by atoms with Crippen LogP contribution in [0.2, 0.25) is 0 Å². The fraction of sp³-hybridized carbons (Fsp3) is 0.200. The number of carbonyl (C=O) groups excluding carboxylic acids is 1. The molecule has 0 aliphatic carbocycles. The van der Waals surface area contributed by atoms with Crippen molar-refractivity contribution in [2.75, 3.05) is 12.0 Å². The van der Waals surface area contributed by atoms with Gasteiger partial charge in [-0.15, -0.1) is 0 Å². The molecule has 0 bridgehead atoms. The lowest BCUT2D eigenvalue weighted by atomic mass is 10.0. The molecule has 1 N–H and O–H groups in total. The number of hydrogen-bond donors (Lipinski definition) is 1. The molecule has 0 aliphatic heterocycles. The fourth-order valence-electron chi connectivity index (χ4n) is 3.23. The lowest BCUT2D eigenvalue weighted by molar-refractivity contribution is -0.136. The average Bonchev–Trinajstić information content (AvgIpc) is 2.74. The first kappa shape index (κ1) is 23.2. The molecule has 0 amide bonds. The van der Waals surface area contributed by atoms with Crippen LogP contribution in [0.5, 0.6) is 11.5 Å². The molecular formula is C25H24O6S. The molecule has 166 valence electrons. The van der Waals surface area contributed by atoms with Crippen LogP contribution in [-0.4, -0.2) is 37.3 Å². The van der Waals surface area contributed by atoms with Crippen molar-refractivity contribution in [1.29, 1.82) is 0 Å². The Hall–Kier alpha value is -3.45. The van der Waals surface area contributed by atoms with Crippen molar-refractivity contribution in [3.05, 3.63) is 95.1 Å². The number of carboxylic acids is 1. The quantitative estimate of drug-likeness (QED) is 0.465. The summed E-state index contributed by atoms with van der Waals surface area (Å²) in [6.07, 6.45) is 1.50. The van der Waals surface area contributed by atoms with Gasteiger partial charge in [0.15, 0.2) is 5.78 Å². The number of benzene rings is 3. The van der Waals surface area contributed by atoms with Gasteiger partial charge in [0.05, 0.1) is 12.2 Å². The number of aryl methyl sites for hydroxylation is 1. The third-order valence-electron chi connectivity index (χ3n) is 4.83. The molecule has 6 nitrogen and oxygen atoms in total. The van der Waals surface area contributed by atoms with E-state index in [2.05, 4.69) is 0 Å². The second kappa shape index (κ2) is 10.2. The highest BCUT2D eigenvalue weighted by Gasteiger charge is 2.13. The molecule has 0 saturated carbocycles. The van der Waals surface area contributed by atoms with E-state index in [0.29, 0.717) is 34.6 Å². The van der Waals surface area contributed by atoms with E-state index in [1.165, 1.54) is 0 Å². The number of carboxylic acid groups (broad SMARTS) is 1. The summed E-state index contributed by atoms with van der Waals surface area (Å²) in [5.41, 5.74) is 2.68. The SMILES string of the molecule is CS(=O)(=O)CCc1cc(CC(=O)O)ccc1Oc1ccc(C(=O)Cc2ccccc2)cc1. The van der Waals surface area contributed by atoms with Gasteiger partial charge in [0.2, 0.25) is 0 Å². The van der Waals surface area contributed by atoms with Crippen LogP contribution < -0.4 is 4.74 Å². The number of ether oxygens (including phenoxy) is 1. The normalized spacial score (nSPS) is 11.2. The zero-order valence-corrected chi connectivity index (χ0v) is 18.5. The highest BCUT2D eigenvalue weighted by Crippen LogP contribution is 2.28. The molecule has 0 atom stereocenters.